The van der Waals surface area contributed by atoms with Crippen molar-refractivity contribution in [2.45, 2.75) is 12.2 Å². The van der Waals surface area contributed by atoms with Crippen molar-refractivity contribution in [3.8, 4) is 12.1 Å². The topological polar surface area (TPSA) is 106 Å². The summed E-state index contributed by atoms with van der Waals surface area (Å²) in [5.41, 5.74) is 4.37. The third kappa shape index (κ3) is 2.76. The van der Waals surface area contributed by atoms with E-state index in [0.717, 1.165) is 10.1 Å². The first-order valence-electron chi connectivity index (χ1n) is 5.83. The highest BCUT2D eigenvalue weighted by Crippen LogP contribution is 2.43. The molecule has 1 aliphatic rings. The summed E-state index contributed by atoms with van der Waals surface area (Å²) in [6.07, 6.45) is -4.65. The van der Waals surface area contributed by atoms with Crippen LogP contribution in [0.2, 0.25) is 10.0 Å². The fraction of sp³-hybridized carbons (Fsp3) is 0.167. The number of halogens is 5. The SMILES string of the molecule is N#CC1=C(N)N(c2c(Cl)cc(C(F)(F)F)cc2Cl)N(N)C1C#N. The summed E-state index contributed by atoms with van der Waals surface area (Å²) in [6, 6.07) is 3.56. The highest BCUT2D eigenvalue weighted by Gasteiger charge is 2.40. The predicted octanol–water partition coefficient (Wildman–Crippen LogP) is 2.51. The van der Waals surface area contributed by atoms with Crippen molar-refractivity contribution in [2.75, 3.05) is 5.01 Å². The van der Waals surface area contributed by atoms with Crippen LogP contribution < -0.4 is 16.6 Å². The summed E-state index contributed by atoms with van der Waals surface area (Å²) in [5.74, 6) is 5.46. The Morgan fingerprint density at radius 2 is 1.70 bits per heavy atom. The molecule has 0 aromatic heterocycles. The zero-order valence-electron chi connectivity index (χ0n) is 11.1. The van der Waals surface area contributed by atoms with E-state index in [1.807, 2.05) is 0 Å². The molecule has 0 fully saturated rings. The molecule has 0 amide bonds. The van der Waals surface area contributed by atoms with Crippen LogP contribution in [0.5, 0.6) is 0 Å². The Balaban J connectivity index is 2.63. The van der Waals surface area contributed by atoms with Gasteiger partial charge in [0.2, 0.25) is 0 Å². The van der Waals surface area contributed by atoms with Crippen LogP contribution in [0.1, 0.15) is 5.56 Å². The van der Waals surface area contributed by atoms with E-state index >= 15 is 0 Å². The zero-order valence-corrected chi connectivity index (χ0v) is 12.6. The first-order chi connectivity index (χ1) is 10.6. The maximum atomic E-state index is 12.8. The molecule has 2 rings (SSSR count). The number of hydrogen-bond donors (Lipinski definition) is 2. The van der Waals surface area contributed by atoms with Gasteiger partial charge in [-0.05, 0) is 12.1 Å². The van der Waals surface area contributed by atoms with Crippen molar-refractivity contribution in [3.05, 3.63) is 39.1 Å². The third-order valence-electron chi connectivity index (χ3n) is 3.07. The molecule has 0 radical (unpaired) electrons. The summed E-state index contributed by atoms with van der Waals surface area (Å²) in [6.45, 7) is 0. The van der Waals surface area contributed by atoms with Crippen LogP contribution in [0.4, 0.5) is 18.9 Å². The van der Waals surface area contributed by atoms with Gasteiger partial charge >= 0.3 is 6.18 Å². The number of nitrogens with zero attached hydrogens (tertiary/aromatic N) is 4. The molecule has 6 nitrogen and oxygen atoms in total. The number of hydrogen-bond acceptors (Lipinski definition) is 6. The molecule has 0 aliphatic carbocycles. The van der Waals surface area contributed by atoms with Crippen LogP contribution >= 0.6 is 23.2 Å². The average molecular weight is 363 g/mol. The lowest BCUT2D eigenvalue weighted by Gasteiger charge is -2.29. The van der Waals surface area contributed by atoms with E-state index in [2.05, 4.69) is 0 Å². The summed E-state index contributed by atoms with van der Waals surface area (Å²) < 4.78 is 38.3. The second kappa shape index (κ2) is 5.80. The van der Waals surface area contributed by atoms with E-state index in [1.54, 1.807) is 12.1 Å². The van der Waals surface area contributed by atoms with Crippen molar-refractivity contribution < 1.29 is 13.2 Å². The Hall–Kier alpha value is -2.17. The van der Waals surface area contributed by atoms with Gasteiger partial charge in [0.25, 0.3) is 0 Å². The van der Waals surface area contributed by atoms with E-state index < -0.39 is 17.8 Å². The summed E-state index contributed by atoms with van der Waals surface area (Å²) >= 11 is 11.8. The highest BCUT2D eigenvalue weighted by molar-refractivity contribution is 6.39. The van der Waals surface area contributed by atoms with E-state index in [-0.39, 0.29) is 27.1 Å². The van der Waals surface area contributed by atoms with Gasteiger partial charge in [0.15, 0.2) is 6.04 Å². The standard InChI is InChI=1S/C12H7Cl2F3N6/c13-7-1-5(12(15,16)17)2-8(14)10(7)22-11(20)6(3-18)9(4-19)23(22)21/h1-2,9H,20-21H2. The quantitative estimate of drug-likeness (QED) is 0.743. The first kappa shape index (κ1) is 17.2. The third-order valence-corrected chi connectivity index (χ3v) is 3.65. The second-order valence-electron chi connectivity index (χ2n) is 4.42. The Kier molecular flexibility index (Phi) is 4.33. The minimum absolute atomic E-state index is 0.160. The maximum Gasteiger partial charge on any atom is 0.416 e. The molecule has 4 N–H and O–H groups in total. The molecule has 0 bridgehead atoms. The first-order valence-corrected chi connectivity index (χ1v) is 6.58. The number of benzene rings is 1. The zero-order chi connectivity index (χ0) is 17.5. The molecule has 1 unspecified atom stereocenters. The summed E-state index contributed by atoms with van der Waals surface area (Å²) in [7, 11) is 0. The molecular formula is C12H7Cl2F3N6. The molecule has 0 saturated carbocycles. The average Bonchev–Trinajstić information content (AvgIpc) is 2.68. The maximum absolute atomic E-state index is 12.8. The minimum Gasteiger partial charge on any atom is -0.383 e. The van der Waals surface area contributed by atoms with Gasteiger partial charge in [-0.15, -0.1) is 5.12 Å². The summed E-state index contributed by atoms with van der Waals surface area (Å²) in [4.78, 5) is 0. The molecule has 23 heavy (non-hydrogen) atoms. The number of rotatable bonds is 1. The molecule has 0 saturated heterocycles. The van der Waals surface area contributed by atoms with Gasteiger partial charge in [0.05, 0.1) is 27.4 Å². The molecule has 1 aliphatic heterocycles. The van der Waals surface area contributed by atoms with Crippen molar-refractivity contribution >= 4 is 28.9 Å². The van der Waals surface area contributed by atoms with Crippen LogP contribution in [-0.4, -0.2) is 11.2 Å². The highest BCUT2D eigenvalue weighted by atomic mass is 35.5. The van der Waals surface area contributed by atoms with Crippen molar-refractivity contribution in [3.63, 3.8) is 0 Å². The van der Waals surface area contributed by atoms with Crippen LogP contribution in [0, 0.1) is 22.7 Å². The predicted molar refractivity (Wildman–Crippen MR) is 76.2 cm³/mol. The largest absolute Gasteiger partial charge is 0.416 e. The van der Waals surface area contributed by atoms with Gasteiger partial charge in [-0.2, -0.15) is 23.7 Å². The van der Waals surface area contributed by atoms with Crippen molar-refractivity contribution in [2.24, 2.45) is 11.6 Å². The monoisotopic (exact) mass is 362 g/mol. The van der Waals surface area contributed by atoms with Crippen molar-refractivity contribution in [1.29, 1.82) is 10.5 Å². The minimum atomic E-state index is -4.65. The van der Waals surface area contributed by atoms with Gasteiger partial charge < -0.3 is 5.73 Å². The van der Waals surface area contributed by atoms with E-state index in [0.29, 0.717) is 12.1 Å². The molecule has 1 heterocycles. The lowest BCUT2D eigenvalue weighted by molar-refractivity contribution is -0.137. The normalized spacial score (nSPS) is 19.0. The van der Waals surface area contributed by atoms with Crippen LogP contribution in [0.3, 0.4) is 0 Å². The lowest BCUT2D eigenvalue weighted by atomic mass is 10.1. The van der Waals surface area contributed by atoms with Crippen molar-refractivity contribution in [1.82, 2.24) is 5.12 Å². The number of anilines is 1. The van der Waals surface area contributed by atoms with Gasteiger partial charge in [-0.3, -0.25) is 0 Å². The van der Waals surface area contributed by atoms with Gasteiger partial charge in [-0.1, -0.05) is 23.2 Å². The molecule has 1 aromatic rings. The molecule has 120 valence electrons. The Labute approximate surface area is 138 Å². The van der Waals surface area contributed by atoms with Crippen LogP contribution in [0.25, 0.3) is 0 Å². The van der Waals surface area contributed by atoms with Gasteiger partial charge in [0, 0.05) is 0 Å². The lowest BCUT2D eigenvalue weighted by Crippen LogP contribution is -2.48. The Bertz CT molecular complexity index is 753. The smallest absolute Gasteiger partial charge is 0.383 e. The van der Waals surface area contributed by atoms with Crippen LogP contribution in [-0.2, 0) is 6.18 Å². The van der Waals surface area contributed by atoms with E-state index in [1.165, 1.54) is 0 Å². The van der Waals surface area contributed by atoms with E-state index in [4.69, 9.17) is 45.3 Å². The number of hydrazine groups is 2. The van der Waals surface area contributed by atoms with Gasteiger partial charge in [-0.25, -0.2) is 10.9 Å². The molecule has 11 heteroatoms. The molecule has 1 atom stereocenters. The fourth-order valence-corrected chi connectivity index (χ4v) is 2.68. The Morgan fingerprint density at radius 1 is 1.17 bits per heavy atom. The van der Waals surface area contributed by atoms with Crippen LogP contribution in [0.15, 0.2) is 23.5 Å². The summed E-state index contributed by atoms with van der Waals surface area (Å²) in [5, 5.41) is 19.0. The number of nitrogens with two attached hydrogens (primary N) is 2. The number of nitriles is 2. The van der Waals surface area contributed by atoms with E-state index in [9.17, 15) is 13.2 Å². The second-order valence-corrected chi connectivity index (χ2v) is 5.23. The number of alkyl halides is 3. The fourth-order valence-electron chi connectivity index (χ4n) is 2.04. The molecular weight excluding hydrogens is 356 g/mol. The molecule has 0 spiro atoms. The molecule has 1 aromatic carbocycles. The van der Waals surface area contributed by atoms with Gasteiger partial charge in [0.1, 0.15) is 17.5 Å². The Morgan fingerprint density at radius 3 is 2.04 bits per heavy atom.